The third kappa shape index (κ3) is 4.05. The van der Waals surface area contributed by atoms with E-state index in [0.29, 0.717) is 11.8 Å². The minimum atomic E-state index is -0.0498. The lowest BCUT2D eigenvalue weighted by Gasteiger charge is -2.40. The van der Waals surface area contributed by atoms with Crippen LogP contribution >= 0.6 is 0 Å². The second kappa shape index (κ2) is 11.4. The molecule has 0 aliphatic heterocycles. The number of hydrogen-bond donors (Lipinski definition) is 0. The van der Waals surface area contributed by atoms with Gasteiger partial charge in [-0.15, -0.1) is 0 Å². The van der Waals surface area contributed by atoms with E-state index in [9.17, 15) is 0 Å². The fraction of sp³-hybridized carbons (Fsp3) is 0.548. The monoisotopic (exact) mass is 875 g/mol. The number of pyridine rings is 2. The predicted molar refractivity (Wildman–Crippen MR) is 282 cm³/mol. The number of hydrogen-bond acceptors (Lipinski definition) is 2. The summed E-state index contributed by atoms with van der Waals surface area (Å²) in [5.41, 5.74) is 23.1. The first-order valence-corrected chi connectivity index (χ1v) is 25.9. The topological polar surface area (TPSA) is 34.6 Å². The molecule has 4 heteroatoms. The molecule has 3 atom stereocenters. The molecule has 6 heterocycles. The zero-order valence-electron chi connectivity index (χ0n) is 44.1. The van der Waals surface area contributed by atoms with E-state index in [1.165, 1.54) is 110 Å². The Hall–Kier alpha value is -4.44. The summed E-state index contributed by atoms with van der Waals surface area (Å²) in [6.07, 6.45) is 9.08. The molecule has 0 bridgehead atoms. The molecule has 342 valence electrons. The molecule has 0 N–H and O–H groups in total. The fourth-order valence-electron chi connectivity index (χ4n) is 17.8. The van der Waals surface area contributed by atoms with Crippen molar-refractivity contribution in [3.05, 3.63) is 80.4 Å². The third-order valence-corrected chi connectivity index (χ3v) is 21.7. The smallest absolute Gasteiger partial charge is 0.0728 e. The van der Waals surface area contributed by atoms with Gasteiger partial charge in [0.15, 0.2) is 0 Å². The predicted octanol–water partition coefficient (Wildman–Crippen LogP) is 16.9. The molecular weight excluding hydrogens is 801 g/mol. The van der Waals surface area contributed by atoms with Crippen LogP contribution in [-0.4, -0.2) is 18.8 Å². The molecule has 66 heavy (non-hydrogen) atoms. The highest BCUT2D eigenvalue weighted by atomic mass is 15.0. The lowest BCUT2D eigenvalue weighted by molar-refractivity contribution is 0.164. The molecule has 0 saturated carbocycles. The first-order valence-electron chi connectivity index (χ1n) is 25.9. The van der Waals surface area contributed by atoms with Crippen molar-refractivity contribution in [2.45, 2.75) is 208 Å². The van der Waals surface area contributed by atoms with Crippen LogP contribution in [0.4, 0.5) is 0 Å². The summed E-state index contributed by atoms with van der Waals surface area (Å²) in [6, 6.07) is 5.36. The Morgan fingerprint density at radius 2 is 0.970 bits per heavy atom. The van der Waals surface area contributed by atoms with Crippen LogP contribution in [0.1, 0.15) is 218 Å². The lowest BCUT2D eigenvalue weighted by atomic mass is 9.64. The van der Waals surface area contributed by atoms with Gasteiger partial charge in [-0.3, -0.25) is 9.97 Å². The number of rotatable bonds is 2. The van der Waals surface area contributed by atoms with Crippen LogP contribution in [0.15, 0.2) is 24.5 Å². The molecule has 9 aromatic rings. The summed E-state index contributed by atoms with van der Waals surface area (Å²) in [4.78, 5) is 11.2. The standard InChI is InChI=1S/C62H74N4/c1-21-34-42-44-38(25-63-53(42)61(18,19)60(34,16)17)66-50-30(4)39-32-23-35-47(57(10,11)27-55(35,6)7)45-43-37(26-64-54-41(43)31(5)59(14,15)62(54,20)22-2)65(51(32)45)49(39)29(3)40(50)33-24-36-48(46(44)52(33)66)58(12,13)28-56(36,8)9/h23-26,31,34H,21-22,27-28H2,1-20H3. The van der Waals surface area contributed by atoms with Crippen LogP contribution in [0.5, 0.6) is 0 Å². The molecule has 4 nitrogen and oxygen atoms in total. The maximum atomic E-state index is 5.63. The van der Waals surface area contributed by atoms with Crippen LogP contribution in [0.3, 0.4) is 0 Å². The van der Waals surface area contributed by atoms with E-state index in [2.05, 4.69) is 172 Å². The van der Waals surface area contributed by atoms with Gasteiger partial charge in [-0.25, -0.2) is 0 Å². The molecule has 3 unspecified atom stereocenters. The summed E-state index contributed by atoms with van der Waals surface area (Å²) in [5, 5.41) is 11.7. The number of fused-ring (bicyclic) bond motifs is 20. The van der Waals surface area contributed by atoms with Gasteiger partial charge < -0.3 is 8.80 Å². The summed E-state index contributed by atoms with van der Waals surface area (Å²) < 4.78 is 5.48. The molecule has 4 aliphatic rings. The first kappa shape index (κ1) is 41.7. The Morgan fingerprint density at radius 1 is 0.530 bits per heavy atom. The average Bonchev–Trinajstić information content (AvgIpc) is 4.05. The number of nitrogens with zero attached hydrogens (tertiary/aromatic N) is 4. The van der Waals surface area contributed by atoms with Crippen molar-refractivity contribution in [1.82, 2.24) is 18.8 Å². The van der Waals surface area contributed by atoms with Crippen LogP contribution in [0.25, 0.3) is 76.2 Å². The highest BCUT2D eigenvalue weighted by molar-refractivity contribution is 6.33. The molecule has 0 spiro atoms. The molecule has 4 aliphatic carbocycles. The van der Waals surface area contributed by atoms with E-state index in [-0.39, 0.29) is 43.3 Å². The van der Waals surface area contributed by atoms with Gasteiger partial charge in [0.1, 0.15) is 0 Å². The molecular formula is C62H74N4. The summed E-state index contributed by atoms with van der Waals surface area (Å²) in [7, 11) is 0. The molecule has 6 aromatic heterocycles. The van der Waals surface area contributed by atoms with Crippen molar-refractivity contribution in [3.8, 4) is 0 Å². The van der Waals surface area contributed by atoms with Gasteiger partial charge in [-0.1, -0.05) is 125 Å². The Balaban J connectivity index is 1.30. The van der Waals surface area contributed by atoms with Crippen molar-refractivity contribution < 1.29 is 0 Å². The molecule has 3 aromatic carbocycles. The molecule has 0 fully saturated rings. The zero-order chi connectivity index (χ0) is 47.2. The maximum absolute atomic E-state index is 5.63. The van der Waals surface area contributed by atoms with Crippen molar-refractivity contribution in [2.75, 3.05) is 0 Å². The van der Waals surface area contributed by atoms with Crippen molar-refractivity contribution in [3.63, 3.8) is 0 Å². The maximum Gasteiger partial charge on any atom is 0.0728 e. The molecule has 0 radical (unpaired) electrons. The van der Waals surface area contributed by atoms with Crippen molar-refractivity contribution in [1.29, 1.82) is 0 Å². The largest absolute Gasteiger partial charge is 0.306 e. The normalized spacial score (nSPS) is 26.2. The average molecular weight is 875 g/mol. The first-order chi connectivity index (χ1) is 30.6. The van der Waals surface area contributed by atoms with E-state index >= 15 is 0 Å². The van der Waals surface area contributed by atoms with Gasteiger partial charge in [-0.2, -0.15) is 0 Å². The zero-order valence-corrected chi connectivity index (χ0v) is 44.1. The molecule has 13 rings (SSSR count). The van der Waals surface area contributed by atoms with Crippen molar-refractivity contribution >= 4 is 76.2 Å². The number of aryl methyl sites for hydroxylation is 2. The Labute approximate surface area is 393 Å². The van der Waals surface area contributed by atoms with Gasteiger partial charge >= 0.3 is 0 Å². The van der Waals surface area contributed by atoms with E-state index in [1.807, 2.05) is 0 Å². The van der Waals surface area contributed by atoms with Crippen LogP contribution < -0.4 is 0 Å². The van der Waals surface area contributed by atoms with Gasteiger partial charge in [0, 0.05) is 53.9 Å². The van der Waals surface area contributed by atoms with E-state index < -0.39 is 0 Å². The van der Waals surface area contributed by atoms with Gasteiger partial charge in [-0.05, 0) is 140 Å². The summed E-state index contributed by atoms with van der Waals surface area (Å²) in [6.45, 7) is 49.9. The summed E-state index contributed by atoms with van der Waals surface area (Å²) >= 11 is 0. The van der Waals surface area contributed by atoms with E-state index in [1.54, 1.807) is 22.3 Å². The highest BCUT2D eigenvalue weighted by Crippen LogP contribution is 2.66. The lowest BCUT2D eigenvalue weighted by Crippen LogP contribution is -2.36. The summed E-state index contributed by atoms with van der Waals surface area (Å²) in [5.74, 6) is 0.789. The molecule has 0 amide bonds. The second-order valence-electron chi connectivity index (χ2n) is 27.4. The van der Waals surface area contributed by atoms with Crippen LogP contribution in [0.2, 0.25) is 0 Å². The Bertz CT molecular complexity index is 3760. The quantitative estimate of drug-likeness (QED) is 0.173. The van der Waals surface area contributed by atoms with E-state index in [4.69, 9.17) is 9.97 Å². The van der Waals surface area contributed by atoms with Crippen molar-refractivity contribution in [2.24, 2.45) is 10.8 Å². The van der Waals surface area contributed by atoms with Gasteiger partial charge in [0.25, 0.3) is 0 Å². The molecule has 0 saturated heterocycles. The highest BCUT2D eigenvalue weighted by Gasteiger charge is 2.57. The third-order valence-electron chi connectivity index (χ3n) is 21.7. The second-order valence-corrected chi connectivity index (χ2v) is 27.4. The fourth-order valence-corrected chi connectivity index (χ4v) is 17.8. The Morgan fingerprint density at radius 3 is 1.41 bits per heavy atom. The minimum absolute atomic E-state index is 0.00948. The Kier molecular flexibility index (Phi) is 7.18. The number of aromatic nitrogens is 4. The van der Waals surface area contributed by atoms with Crippen LogP contribution in [-0.2, 0) is 32.5 Å². The van der Waals surface area contributed by atoms with E-state index in [0.717, 1.165) is 25.7 Å². The van der Waals surface area contributed by atoms with Gasteiger partial charge in [0.2, 0.25) is 0 Å². The van der Waals surface area contributed by atoms with Gasteiger partial charge in [0.05, 0.1) is 56.9 Å². The SMILES string of the molecule is CCC1c2c(ncc3c2c2c4c(cc5c6c(C)c7c(c(C)c6n3c52)c2cc3c(c5c6c8c(ncc6n7c25)C(C)(CC)C(C)(C)C8C)C(C)(C)CC3(C)C)C(C)(C)CC4(C)C)C(C)(C)C1(C)C. The van der Waals surface area contributed by atoms with Crippen LogP contribution in [0, 0.1) is 24.7 Å². The minimum Gasteiger partial charge on any atom is -0.306 e. The number of benzene rings is 3.